The maximum atomic E-state index is 13.2. The van der Waals surface area contributed by atoms with E-state index in [1.807, 2.05) is 19.9 Å². The van der Waals surface area contributed by atoms with Gasteiger partial charge in [0, 0.05) is 6.20 Å². The lowest BCUT2D eigenvalue weighted by Gasteiger charge is -2.19. The van der Waals surface area contributed by atoms with Gasteiger partial charge < -0.3 is 4.74 Å². The summed E-state index contributed by atoms with van der Waals surface area (Å²) in [5.74, 6) is 6.08. The van der Waals surface area contributed by atoms with E-state index in [1.54, 1.807) is 18.5 Å². The average Bonchev–Trinajstić information content (AvgIpc) is 2.43. The highest BCUT2D eigenvalue weighted by Crippen LogP contribution is 2.26. The normalized spacial score (nSPS) is 12.2. The Labute approximate surface area is 117 Å². The van der Waals surface area contributed by atoms with Crippen LogP contribution in [0.1, 0.15) is 29.7 Å². The first-order valence-electron chi connectivity index (χ1n) is 6.45. The van der Waals surface area contributed by atoms with E-state index in [0.29, 0.717) is 12.4 Å². The molecule has 1 atom stereocenters. The number of hydrazine groups is 1. The number of hydrogen-bond acceptors (Lipinski definition) is 4. The summed E-state index contributed by atoms with van der Waals surface area (Å²) in [7, 11) is 0. The third-order valence-corrected chi connectivity index (χ3v) is 3.09. The van der Waals surface area contributed by atoms with Crippen molar-refractivity contribution in [1.29, 1.82) is 0 Å². The molecule has 20 heavy (non-hydrogen) atoms. The van der Waals surface area contributed by atoms with Gasteiger partial charge in [-0.25, -0.2) is 9.82 Å². The molecule has 1 heterocycles. The van der Waals surface area contributed by atoms with E-state index in [1.165, 1.54) is 12.1 Å². The van der Waals surface area contributed by atoms with Crippen molar-refractivity contribution < 1.29 is 9.13 Å². The molecular weight excluding hydrogens is 257 g/mol. The molecule has 4 nitrogen and oxygen atoms in total. The van der Waals surface area contributed by atoms with Crippen LogP contribution in [-0.4, -0.2) is 11.6 Å². The van der Waals surface area contributed by atoms with E-state index >= 15 is 0 Å². The zero-order valence-electron chi connectivity index (χ0n) is 11.6. The molecule has 1 aromatic heterocycles. The Morgan fingerprint density at radius 3 is 2.80 bits per heavy atom. The number of aryl methyl sites for hydroxylation is 1. The van der Waals surface area contributed by atoms with Gasteiger partial charge in [-0.1, -0.05) is 6.07 Å². The summed E-state index contributed by atoms with van der Waals surface area (Å²) >= 11 is 0. The quantitative estimate of drug-likeness (QED) is 0.650. The fourth-order valence-electron chi connectivity index (χ4n) is 2.17. The van der Waals surface area contributed by atoms with Crippen LogP contribution >= 0.6 is 0 Å². The molecular formula is C15H18FN3O. The van der Waals surface area contributed by atoms with Gasteiger partial charge in [0.05, 0.1) is 18.8 Å². The minimum absolute atomic E-state index is 0.261. The molecule has 0 radical (unpaired) electrons. The number of nitrogens with zero attached hydrogens (tertiary/aromatic N) is 1. The molecule has 106 valence electrons. The Morgan fingerprint density at radius 1 is 1.35 bits per heavy atom. The van der Waals surface area contributed by atoms with Crippen molar-refractivity contribution in [3.05, 3.63) is 59.2 Å². The van der Waals surface area contributed by atoms with Crippen molar-refractivity contribution >= 4 is 0 Å². The lowest BCUT2D eigenvalue weighted by molar-refractivity contribution is 0.338. The number of nitrogens with two attached hydrogens (primary N) is 1. The van der Waals surface area contributed by atoms with Gasteiger partial charge in [-0.15, -0.1) is 0 Å². The summed E-state index contributed by atoms with van der Waals surface area (Å²) in [6.45, 7) is 4.33. The Kier molecular flexibility index (Phi) is 4.65. The zero-order valence-corrected chi connectivity index (χ0v) is 11.6. The van der Waals surface area contributed by atoms with Crippen LogP contribution in [0.5, 0.6) is 5.75 Å². The molecule has 0 aliphatic heterocycles. The number of nitrogens with one attached hydrogen (secondary N) is 1. The van der Waals surface area contributed by atoms with Crippen LogP contribution in [0, 0.1) is 12.7 Å². The van der Waals surface area contributed by atoms with Crippen molar-refractivity contribution in [3.8, 4) is 5.75 Å². The molecule has 0 saturated heterocycles. The summed E-state index contributed by atoms with van der Waals surface area (Å²) in [5, 5.41) is 0. The smallest absolute Gasteiger partial charge is 0.137 e. The summed E-state index contributed by atoms with van der Waals surface area (Å²) in [6.07, 6.45) is 3.37. The van der Waals surface area contributed by atoms with Crippen molar-refractivity contribution in [2.75, 3.05) is 6.61 Å². The molecule has 5 heteroatoms. The van der Waals surface area contributed by atoms with Crippen molar-refractivity contribution in [1.82, 2.24) is 10.4 Å². The fraction of sp³-hybridized carbons (Fsp3) is 0.267. The lowest BCUT2D eigenvalue weighted by atomic mass is 9.96. The first kappa shape index (κ1) is 14.4. The number of aromatic nitrogens is 1. The van der Waals surface area contributed by atoms with E-state index in [4.69, 9.17) is 10.6 Å². The van der Waals surface area contributed by atoms with Crippen molar-refractivity contribution in [2.45, 2.75) is 19.9 Å². The molecule has 1 unspecified atom stereocenters. The van der Waals surface area contributed by atoms with Crippen LogP contribution in [-0.2, 0) is 0 Å². The topological polar surface area (TPSA) is 60.2 Å². The molecule has 0 spiro atoms. The predicted octanol–water partition coefficient (Wildman–Crippen LogP) is 2.48. The van der Waals surface area contributed by atoms with Gasteiger partial charge in [0.2, 0.25) is 0 Å². The number of hydrogen-bond donors (Lipinski definition) is 2. The minimum Gasteiger partial charge on any atom is -0.492 e. The summed E-state index contributed by atoms with van der Waals surface area (Å²) in [5.41, 5.74) is 5.35. The average molecular weight is 275 g/mol. The molecule has 0 fully saturated rings. The number of rotatable bonds is 5. The Bertz CT molecular complexity index is 589. The third-order valence-electron chi connectivity index (χ3n) is 3.09. The van der Waals surface area contributed by atoms with Crippen molar-refractivity contribution in [3.63, 3.8) is 0 Å². The number of pyridine rings is 1. The van der Waals surface area contributed by atoms with Gasteiger partial charge in [-0.05, 0) is 48.7 Å². The number of benzene rings is 1. The van der Waals surface area contributed by atoms with Gasteiger partial charge in [0.25, 0.3) is 0 Å². The molecule has 0 bridgehead atoms. The molecule has 0 aliphatic carbocycles. The Balaban J connectivity index is 2.38. The molecule has 0 saturated carbocycles. The highest BCUT2D eigenvalue weighted by atomic mass is 19.1. The summed E-state index contributed by atoms with van der Waals surface area (Å²) in [6, 6.07) is 6.25. The molecule has 1 aromatic carbocycles. The van der Waals surface area contributed by atoms with Crippen molar-refractivity contribution in [2.24, 2.45) is 5.84 Å². The Morgan fingerprint density at radius 2 is 2.15 bits per heavy atom. The molecule has 0 amide bonds. The van der Waals surface area contributed by atoms with E-state index in [-0.39, 0.29) is 11.9 Å². The molecule has 3 N–H and O–H groups in total. The maximum absolute atomic E-state index is 13.2. The maximum Gasteiger partial charge on any atom is 0.137 e. The SMILES string of the molecule is CCOc1cncc(C(NN)c2ccc(F)cc2C)c1. The van der Waals surface area contributed by atoms with Gasteiger partial charge >= 0.3 is 0 Å². The standard InChI is InChI=1S/C15H18FN3O/c1-3-20-13-7-11(8-18-9-13)15(19-17)14-5-4-12(16)6-10(14)2/h4-9,15,19H,3,17H2,1-2H3. The van der Waals surface area contributed by atoms with Crippen LogP contribution in [0.3, 0.4) is 0 Å². The van der Waals surface area contributed by atoms with E-state index < -0.39 is 0 Å². The van der Waals surface area contributed by atoms with Crippen LogP contribution in [0.25, 0.3) is 0 Å². The second kappa shape index (κ2) is 6.45. The first-order chi connectivity index (χ1) is 9.65. The largest absolute Gasteiger partial charge is 0.492 e. The van der Waals surface area contributed by atoms with Crippen LogP contribution in [0.2, 0.25) is 0 Å². The van der Waals surface area contributed by atoms with Gasteiger partial charge in [0.15, 0.2) is 0 Å². The number of halogens is 1. The van der Waals surface area contributed by atoms with E-state index in [0.717, 1.165) is 16.7 Å². The van der Waals surface area contributed by atoms with Gasteiger partial charge in [-0.2, -0.15) is 0 Å². The van der Waals surface area contributed by atoms with Crippen LogP contribution in [0.4, 0.5) is 4.39 Å². The Hall–Kier alpha value is -1.98. The monoisotopic (exact) mass is 275 g/mol. The highest BCUT2D eigenvalue weighted by Gasteiger charge is 2.16. The second-order valence-corrected chi connectivity index (χ2v) is 4.49. The van der Waals surface area contributed by atoms with E-state index in [9.17, 15) is 4.39 Å². The second-order valence-electron chi connectivity index (χ2n) is 4.49. The first-order valence-corrected chi connectivity index (χ1v) is 6.45. The third kappa shape index (κ3) is 3.12. The van der Waals surface area contributed by atoms with Crippen LogP contribution in [0.15, 0.2) is 36.7 Å². The highest BCUT2D eigenvalue weighted by molar-refractivity contribution is 5.38. The van der Waals surface area contributed by atoms with Gasteiger partial charge in [0.1, 0.15) is 11.6 Å². The summed E-state index contributed by atoms with van der Waals surface area (Å²) < 4.78 is 18.6. The lowest BCUT2D eigenvalue weighted by Crippen LogP contribution is -2.29. The fourth-order valence-corrected chi connectivity index (χ4v) is 2.17. The van der Waals surface area contributed by atoms with Crippen LogP contribution < -0.4 is 16.0 Å². The minimum atomic E-state index is -0.261. The van der Waals surface area contributed by atoms with E-state index in [2.05, 4.69) is 10.4 Å². The van der Waals surface area contributed by atoms with Gasteiger partial charge in [-0.3, -0.25) is 10.8 Å². The predicted molar refractivity (Wildman–Crippen MR) is 75.7 cm³/mol. The summed E-state index contributed by atoms with van der Waals surface area (Å²) in [4.78, 5) is 4.15. The molecule has 0 aliphatic rings. The molecule has 2 rings (SSSR count). The number of ether oxygens (including phenoxy) is 1. The zero-order chi connectivity index (χ0) is 14.5. The molecule has 2 aromatic rings.